The zero-order valence-electron chi connectivity index (χ0n) is 9.07. The van der Waals surface area contributed by atoms with E-state index in [0.29, 0.717) is 11.7 Å². The van der Waals surface area contributed by atoms with Crippen molar-refractivity contribution >= 4 is 5.97 Å². The van der Waals surface area contributed by atoms with E-state index in [9.17, 15) is 13.6 Å². The molecule has 1 N–H and O–H groups in total. The lowest BCUT2D eigenvalue weighted by Gasteiger charge is -2.07. The number of nitrogens with zero attached hydrogens (tertiary/aromatic N) is 2. The van der Waals surface area contributed by atoms with E-state index in [-0.39, 0.29) is 13.1 Å². The summed E-state index contributed by atoms with van der Waals surface area (Å²) in [5.41, 5.74) is 0. The van der Waals surface area contributed by atoms with Gasteiger partial charge in [-0.2, -0.15) is 13.8 Å². The molecule has 0 bridgehead atoms. The van der Waals surface area contributed by atoms with Crippen molar-refractivity contribution in [2.24, 2.45) is 0 Å². The fourth-order valence-electron chi connectivity index (χ4n) is 1.52. The summed E-state index contributed by atoms with van der Waals surface area (Å²) in [7, 11) is 0. The molecule has 1 aliphatic rings. The van der Waals surface area contributed by atoms with Gasteiger partial charge in [0.2, 0.25) is 5.89 Å². The van der Waals surface area contributed by atoms with E-state index in [0.717, 1.165) is 0 Å². The average molecular weight is 247 g/mol. The molecule has 2 rings (SSSR count). The van der Waals surface area contributed by atoms with E-state index in [1.165, 1.54) is 0 Å². The van der Waals surface area contributed by atoms with Crippen LogP contribution in [-0.2, 0) is 16.1 Å². The lowest BCUT2D eigenvalue weighted by molar-refractivity contribution is -0.159. The van der Waals surface area contributed by atoms with Crippen LogP contribution in [-0.4, -0.2) is 34.7 Å². The summed E-state index contributed by atoms with van der Waals surface area (Å²) in [5, 5.41) is 6.44. The van der Waals surface area contributed by atoms with Gasteiger partial charge in [0.25, 0.3) is 0 Å². The Balaban J connectivity index is 1.75. The first-order chi connectivity index (χ1) is 7.97. The van der Waals surface area contributed by atoms with E-state index in [4.69, 9.17) is 4.52 Å². The summed E-state index contributed by atoms with van der Waals surface area (Å²) >= 11 is 0. The number of carbonyl (C=O) groups excluding carboxylic acids is 1. The van der Waals surface area contributed by atoms with Gasteiger partial charge in [-0.15, -0.1) is 0 Å². The van der Waals surface area contributed by atoms with Gasteiger partial charge in [-0.25, -0.2) is 4.79 Å². The van der Waals surface area contributed by atoms with Crippen molar-refractivity contribution in [2.75, 3.05) is 6.54 Å². The van der Waals surface area contributed by atoms with Crippen molar-refractivity contribution in [3.63, 3.8) is 0 Å². The largest absolute Gasteiger partial charge is 0.456 e. The van der Waals surface area contributed by atoms with Crippen molar-refractivity contribution in [3.8, 4) is 0 Å². The number of hydrogen-bond donors (Lipinski definition) is 1. The number of ether oxygens (including phenoxy) is 1. The van der Waals surface area contributed by atoms with Crippen molar-refractivity contribution < 1.29 is 22.8 Å². The number of cyclic esters (lactones) is 1. The average Bonchev–Trinajstić information content (AvgIpc) is 2.73. The van der Waals surface area contributed by atoms with Crippen LogP contribution in [0.3, 0.4) is 0 Å². The van der Waals surface area contributed by atoms with Gasteiger partial charge in [0.05, 0.1) is 13.0 Å². The number of esters is 1. The SMILES string of the molecule is Cc1nc(CNCC2CC(F)(F)C(=O)O2)no1. The number of aryl methyl sites for hydroxylation is 1. The number of carbonyl (C=O) groups is 1. The molecule has 0 aromatic carbocycles. The molecular formula is C9H11F2N3O3. The first-order valence-electron chi connectivity index (χ1n) is 5.06. The molecule has 17 heavy (non-hydrogen) atoms. The molecule has 1 unspecified atom stereocenters. The van der Waals surface area contributed by atoms with Gasteiger partial charge in [0.15, 0.2) is 5.82 Å². The molecule has 1 saturated heterocycles. The van der Waals surface area contributed by atoms with E-state index in [1.807, 2.05) is 0 Å². The van der Waals surface area contributed by atoms with Gasteiger partial charge >= 0.3 is 11.9 Å². The minimum Gasteiger partial charge on any atom is -0.456 e. The van der Waals surface area contributed by atoms with Crippen LogP contribution in [0.25, 0.3) is 0 Å². The summed E-state index contributed by atoms with van der Waals surface area (Å²) in [6.45, 7) is 2.06. The van der Waals surface area contributed by atoms with E-state index < -0.39 is 24.4 Å². The number of alkyl halides is 2. The second-order valence-electron chi connectivity index (χ2n) is 3.80. The fourth-order valence-corrected chi connectivity index (χ4v) is 1.52. The minimum absolute atomic E-state index is 0.134. The highest BCUT2D eigenvalue weighted by atomic mass is 19.3. The van der Waals surface area contributed by atoms with Gasteiger partial charge in [-0.05, 0) is 0 Å². The first-order valence-corrected chi connectivity index (χ1v) is 5.06. The minimum atomic E-state index is -3.37. The Morgan fingerprint density at radius 1 is 1.59 bits per heavy atom. The van der Waals surface area contributed by atoms with Gasteiger partial charge in [0.1, 0.15) is 6.10 Å². The zero-order valence-corrected chi connectivity index (χ0v) is 9.07. The summed E-state index contributed by atoms with van der Waals surface area (Å²) in [6.07, 6.45) is -1.41. The number of rotatable bonds is 4. The van der Waals surface area contributed by atoms with Crippen LogP contribution in [0.4, 0.5) is 8.78 Å². The molecule has 1 fully saturated rings. The predicted molar refractivity (Wildman–Crippen MR) is 50.2 cm³/mol. The second-order valence-corrected chi connectivity index (χ2v) is 3.80. The van der Waals surface area contributed by atoms with Gasteiger partial charge in [0, 0.05) is 13.5 Å². The van der Waals surface area contributed by atoms with Gasteiger partial charge in [-0.1, -0.05) is 5.16 Å². The Kier molecular flexibility index (Phi) is 3.05. The number of aromatic nitrogens is 2. The van der Waals surface area contributed by atoms with Crippen LogP contribution in [0.5, 0.6) is 0 Å². The van der Waals surface area contributed by atoms with Crippen LogP contribution in [0, 0.1) is 6.92 Å². The third-order valence-electron chi connectivity index (χ3n) is 2.28. The molecular weight excluding hydrogens is 236 g/mol. The van der Waals surface area contributed by atoms with Gasteiger partial charge < -0.3 is 14.6 Å². The van der Waals surface area contributed by atoms with E-state index >= 15 is 0 Å². The molecule has 0 saturated carbocycles. The van der Waals surface area contributed by atoms with Crippen LogP contribution in [0.2, 0.25) is 0 Å². The molecule has 2 heterocycles. The monoisotopic (exact) mass is 247 g/mol. The lowest BCUT2D eigenvalue weighted by atomic mass is 10.2. The summed E-state index contributed by atoms with van der Waals surface area (Å²) < 4.78 is 34.8. The molecule has 1 aromatic rings. The highest BCUT2D eigenvalue weighted by Gasteiger charge is 2.50. The Bertz CT molecular complexity index is 421. The number of halogens is 2. The van der Waals surface area contributed by atoms with Crippen molar-refractivity contribution in [2.45, 2.75) is 31.9 Å². The topological polar surface area (TPSA) is 77.2 Å². The summed E-state index contributed by atoms with van der Waals surface area (Å²) in [6, 6.07) is 0. The van der Waals surface area contributed by atoms with Crippen LogP contribution < -0.4 is 5.32 Å². The molecule has 0 amide bonds. The maximum Gasteiger partial charge on any atom is 0.377 e. The highest BCUT2D eigenvalue weighted by Crippen LogP contribution is 2.30. The van der Waals surface area contributed by atoms with Crippen molar-refractivity contribution in [1.82, 2.24) is 15.5 Å². The van der Waals surface area contributed by atoms with Crippen molar-refractivity contribution in [1.29, 1.82) is 0 Å². The molecule has 8 heteroatoms. The van der Waals surface area contributed by atoms with E-state index in [2.05, 4.69) is 20.2 Å². The summed E-state index contributed by atoms with van der Waals surface area (Å²) in [5.74, 6) is -3.96. The fraction of sp³-hybridized carbons (Fsp3) is 0.667. The Morgan fingerprint density at radius 2 is 2.35 bits per heavy atom. The third-order valence-corrected chi connectivity index (χ3v) is 2.28. The zero-order chi connectivity index (χ0) is 12.5. The van der Waals surface area contributed by atoms with Crippen LogP contribution >= 0.6 is 0 Å². The van der Waals surface area contributed by atoms with Crippen LogP contribution in [0.1, 0.15) is 18.1 Å². The lowest BCUT2D eigenvalue weighted by Crippen LogP contribution is -2.27. The van der Waals surface area contributed by atoms with E-state index in [1.54, 1.807) is 6.92 Å². The normalized spacial score (nSPS) is 22.8. The summed E-state index contributed by atoms with van der Waals surface area (Å²) in [4.78, 5) is 14.6. The molecule has 1 atom stereocenters. The molecule has 0 spiro atoms. The second kappa shape index (κ2) is 4.36. The molecule has 1 aromatic heterocycles. The Labute approximate surface area is 95.3 Å². The number of hydrogen-bond acceptors (Lipinski definition) is 6. The predicted octanol–water partition coefficient (Wildman–Crippen LogP) is 0.418. The smallest absolute Gasteiger partial charge is 0.377 e. The highest BCUT2D eigenvalue weighted by molar-refractivity contribution is 5.79. The molecule has 6 nitrogen and oxygen atoms in total. The quantitative estimate of drug-likeness (QED) is 0.777. The Hall–Kier alpha value is -1.57. The maximum atomic E-state index is 12.8. The number of nitrogens with one attached hydrogen (secondary N) is 1. The first kappa shape index (κ1) is 11.9. The third kappa shape index (κ3) is 2.76. The van der Waals surface area contributed by atoms with Crippen LogP contribution in [0.15, 0.2) is 4.52 Å². The van der Waals surface area contributed by atoms with Crippen molar-refractivity contribution in [3.05, 3.63) is 11.7 Å². The maximum absolute atomic E-state index is 12.8. The Morgan fingerprint density at radius 3 is 2.88 bits per heavy atom. The van der Waals surface area contributed by atoms with Gasteiger partial charge in [-0.3, -0.25) is 0 Å². The molecule has 0 radical (unpaired) electrons. The molecule has 1 aliphatic heterocycles. The molecule has 0 aliphatic carbocycles. The molecule has 94 valence electrons. The standard InChI is InChI=1S/C9H11F2N3O3/c1-5-13-7(14-17-5)4-12-3-6-2-9(10,11)8(15)16-6/h6,12H,2-4H2,1H3.